The number of ether oxygens (including phenoxy) is 1. The van der Waals surface area contributed by atoms with E-state index in [1.165, 1.54) is 29.8 Å². The smallest absolute Gasteiger partial charge is 0.417 e. The number of benzene rings is 3. The van der Waals surface area contributed by atoms with Gasteiger partial charge in [-0.15, -0.1) is 12.4 Å². The minimum Gasteiger partial charge on any atom is -0.489 e. The van der Waals surface area contributed by atoms with E-state index < -0.39 is 41.2 Å². The maximum atomic E-state index is 14.1. The summed E-state index contributed by atoms with van der Waals surface area (Å²) in [5.74, 6) is 0.867. The maximum absolute atomic E-state index is 14.1. The quantitative estimate of drug-likeness (QED) is 0.292. The van der Waals surface area contributed by atoms with Crippen LogP contribution < -0.4 is 4.74 Å². The predicted octanol–water partition coefficient (Wildman–Crippen LogP) is 8.06. The largest absolute Gasteiger partial charge is 0.489 e. The van der Waals surface area contributed by atoms with Crippen molar-refractivity contribution < 1.29 is 31.1 Å². The number of halogens is 7. The molecular formula is C28H28ClF6NO. The summed E-state index contributed by atoms with van der Waals surface area (Å²) in [6.07, 6.45) is -7.71. The third-order valence-electron chi connectivity index (χ3n) is 6.47. The third-order valence-corrected chi connectivity index (χ3v) is 6.47. The molecule has 9 heteroatoms. The summed E-state index contributed by atoms with van der Waals surface area (Å²) in [6.45, 7) is 0.341. The minimum absolute atomic E-state index is 0. The van der Waals surface area contributed by atoms with Crippen LogP contribution in [0.1, 0.15) is 34.2 Å². The van der Waals surface area contributed by atoms with E-state index in [0.29, 0.717) is 11.7 Å². The number of alkyl halides is 6. The van der Waals surface area contributed by atoms with Crippen LogP contribution >= 0.6 is 12.4 Å². The van der Waals surface area contributed by atoms with Gasteiger partial charge in [-0.1, -0.05) is 48.5 Å². The molecule has 0 saturated carbocycles. The van der Waals surface area contributed by atoms with E-state index in [4.69, 9.17) is 4.74 Å². The normalized spacial score (nSPS) is 15.8. The van der Waals surface area contributed by atoms with Gasteiger partial charge >= 0.3 is 12.4 Å². The Balaban J connectivity index is 0.00000380. The average molecular weight is 544 g/mol. The first-order chi connectivity index (χ1) is 16.9. The van der Waals surface area contributed by atoms with Gasteiger partial charge in [-0.2, -0.15) is 26.3 Å². The molecule has 0 radical (unpaired) electrons. The van der Waals surface area contributed by atoms with Crippen molar-refractivity contribution in [2.45, 2.75) is 38.2 Å². The monoisotopic (exact) mass is 543 g/mol. The van der Waals surface area contributed by atoms with Crippen LogP contribution in [0.15, 0.2) is 60.7 Å². The van der Waals surface area contributed by atoms with Crippen molar-refractivity contribution in [3.63, 3.8) is 0 Å². The van der Waals surface area contributed by atoms with Gasteiger partial charge in [0.05, 0.1) is 11.1 Å². The molecule has 0 aromatic heterocycles. The fraction of sp³-hybridized carbons (Fsp3) is 0.357. The molecule has 3 aromatic rings. The zero-order valence-electron chi connectivity index (χ0n) is 20.4. The minimum atomic E-state index is -5.22. The molecule has 0 N–H and O–H groups in total. The molecule has 0 bridgehead atoms. The van der Waals surface area contributed by atoms with Crippen molar-refractivity contribution >= 4 is 12.4 Å². The Labute approximate surface area is 218 Å². The Morgan fingerprint density at radius 2 is 1.51 bits per heavy atom. The number of hydrogen-bond acceptors (Lipinski definition) is 2. The molecule has 0 spiro atoms. The molecule has 200 valence electrons. The van der Waals surface area contributed by atoms with E-state index in [0.717, 1.165) is 43.5 Å². The Morgan fingerprint density at radius 3 is 2.14 bits per heavy atom. The molecule has 0 saturated heterocycles. The fourth-order valence-corrected chi connectivity index (χ4v) is 4.97. The Bertz CT molecular complexity index is 1210. The van der Waals surface area contributed by atoms with Crippen molar-refractivity contribution in [2.24, 2.45) is 5.92 Å². The summed E-state index contributed by atoms with van der Waals surface area (Å²) < 4.78 is 89.9. The lowest BCUT2D eigenvalue weighted by Gasteiger charge is -2.27. The van der Waals surface area contributed by atoms with Crippen molar-refractivity contribution in [3.05, 3.63) is 88.5 Å². The molecule has 1 aliphatic carbocycles. The second-order valence-corrected chi connectivity index (χ2v) is 9.47. The predicted molar refractivity (Wildman–Crippen MR) is 134 cm³/mol. The van der Waals surface area contributed by atoms with E-state index in [-0.39, 0.29) is 18.0 Å². The molecule has 0 heterocycles. The lowest BCUT2D eigenvalue weighted by molar-refractivity contribution is -0.162. The van der Waals surface area contributed by atoms with Crippen molar-refractivity contribution in [2.75, 3.05) is 20.6 Å². The molecule has 2 nitrogen and oxygen atoms in total. The van der Waals surface area contributed by atoms with Gasteiger partial charge in [-0.3, -0.25) is 0 Å². The molecule has 3 aromatic carbocycles. The van der Waals surface area contributed by atoms with E-state index in [1.54, 1.807) is 18.2 Å². The fourth-order valence-electron chi connectivity index (χ4n) is 4.97. The topological polar surface area (TPSA) is 12.5 Å². The first kappa shape index (κ1) is 28.9. The Hall–Kier alpha value is -2.71. The van der Waals surface area contributed by atoms with E-state index >= 15 is 0 Å². The molecule has 4 rings (SSSR count). The summed E-state index contributed by atoms with van der Waals surface area (Å²) in [5.41, 5.74) is -2.18. The Morgan fingerprint density at radius 1 is 0.838 bits per heavy atom. The van der Waals surface area contributed by atoms with Gasteiger partial charge in [-0.25, -0.2) is 0 Å². The average Bonchev–Trinajstić information content (AvgIpc) is 2.81. The first-order valence-corrected chi connectivity index (χ1v) is 11.7. The number of nitrogens with zero attached hydrogens (tertiary/aromatic N) is 1. The summed E-state index contributed by atoms with van der Waals surface area (Å²) in [7, 11) is 4.05. The number of fused-ring (bicyclic) bond motifs is 1. The van der Waals surface area contributed by atoms with Gasteiger partial charge in [0.15, 0.2) is 0 Å². The van der Waals surface area contributed by atoms with Gasteiger partial charge in [0.1, 0.15) is 12.4 Å². The molecule has 0 fully saturated rings. The summed E-state index contributed by atoms with van der Waals surface area (Å²) in [5, 5.41) is 0. The van der Waals surface area contributed by atoms with Crippen LogP contribution in [-0.4, -0.2) is 25.5 Å². The maximum Gasteiger partial charge on any atom is 0.417 e. The highest BCUT2D eigenvalue weighted by Crippen LogP contribution is 2.47. The van der Waals surface area contributed by atoms with Crippen LogP contribution in [0.2, 0.25) is 0 Å². The van der Waals surface area contributed by atoms with Crippen molar-refractivity contribution in [3.8, 4) is 16.9 Å². The molecular weight excluding hydrogens is 516 g/mol. The van der Waals surface area contributed by atoms with Crippen LogP contribution in [0.3, 0.4) is 0 Å². The van der Waals surface area contributed by atoms with Crippen molar-refractivity contribution in [1.29, 1.82) is 0 Å². The molecule has 37 heavy (non-hydrogen) atoms. The zero-order chi connectivity index (χ0) is 26.1. The lowest BCUT2D eigenvalue weighted by atomic mass is 9.83. The second kappa shape index (κ2) is 11.4. The van der Waals surface area contributed by atoms with Gasteiger partial charge in [0.2, 0.25) is 0 Å². The summed E-state index contributed by atoms with van der Waals surface area (Å²) in [6, 6.07) is 14.8. The highest BCUT2D eigenvalue weighted by atomic mass is 35.5. The van der Waals surface area contributed by atoms with Crippen LogP contribution in [-0.2, 0) is 31.8 Å². The van der Waals surface area contributed by atoms with Crippen LogP contribution in [0, 0.1) is 5.92 Å². The zero-order valence-corrected chi connectivity index (χ0v) is 21.2. The van der Waals surface area contributed by atoms with Gasteiger partial charge in [-0.05, 0) is 73.7 Å². The van der Waals surface area contributed by atoms with Gasteiger partial charge < -0.3 is 9.64 Å². The SMILES string of the molecule is CN(C)CC1CCc2cc(OCc3ccc(-c4ccccc4)c(C(F)(F)F)c3C(F)(F)F)ccc2C1.Cl. The highest BCUT2D eigenvalue weighted by molar-refractivity contribution is 5.85. The van der Waals surface area contributed by atoms with Crippen LogP contribution in [0.4, 0.5) is 26.3 Å². The van der Waals surface area contributed by atoms with E-state index in [9.17, 15) is 26.3 Å². The van der Waals surface area contributed by atoms with Gasteiger partial charge in [0, 0.05) is 12.1 Å². The first-order valence-electron chi connectivity index (χ1n) is 11.7. The Kier molecular flexibility index (Phi) is 8.85. The van der Waals surface area contributed by atoms with Crippen LogP contribution in [0.5, 0.6) is 5.75 Å². The van der Waals surface area contributed by atoms with E-state index in [1.807, 2.05) is 20.2 Å². The molecule has 0 amide bonds. The number of hydrogen-bond donors (Lipinski definition) is 0. The molecule has 1 atom stereocenters. The number of rotatable bonds is 6. The summed E-state index contributed by atoms with van der Waals surface area (Å²) >= 11 is 0. The number of aryl methyl sites for hydroxylation is 1. The molecule has 1 unspecified atom stereocenters. The second-order valence-electron chi connectivity index (χ2n) is 9.47. The molecule has 1 aliphatic rings. The van der Waals surface area contributed by atoms with Gasteiger partial charge in [0.25, 0.3) is 0 Å². The third kappa shape index (κ3) is 6.79. The van der Waals surface area contributed by atoms with Crippen molar-refractivity contribution in [1.82, 2.24) is 4.90 Å². The molecule has 0 aliphatic heterocycles. The standard InChI is InChI=1S/C28H27F6NO.ClH/c1-35(2)16-18-8-9-21-15-23(12-10-20(21)14-18)36-17-22-11-13-24(19-6-4-3-5-7-19)26(28(32,33)34)25(22)27(29,30)31;/h3-7,10-13,15,18H,8-9,14,16-17H2,1-2H3;1H. The van der Waals surface area contributed by atoms with E-state index in [2.05, 4.69) is 4.90 Å². The van der Waals surface area contributed by atoms with Crippen LogP contribution in [0.25, 0.3) is 11.1 Å². The summed E-state index contributed by atoms with van der Waals surface area (Å²) in [4.78, 5) is 2.14. The highest BCUT2D eigenvalue weighted by Gasteiger charge is 2.46. The lowest BCUT2D eigenvalue weighted by Crippen LogP contribution is -2.26.